The number of aryl methyl sites for hydroxylation is 2. The molecule has 0 saturated carbocycles. The number of nitrogens with zero attached hydrogens (tertiary/aromatic N) is 2. The summed E-state index contributed by atoms with van der Waals surface area (Å²) in [7, 11) is 3.03. The molecule has 1 aliphatic rings. The van der Waals surface area contributed by atoms with Gasteiger partial charge in [-0.25, -0.2) is 0 Å². The summed E-state index contributed by atoms with van der Waals surface area (Å²) in [6.45, 7) is 5.21. The van der Waals surface area contributed by atoms with Crippen molar-refractivity contribution in [3.05, 3.63) is 92.4 Å². The molecule has 0 radical (unpaired) electrons. The first kappa shape index (κ1) is 25.0. The lowest BCUT2D eigenvalue weighted by Crippen LogP contribution is -2.34. The number of aromatic nitrogens is 1. The summed E-state index contributed by atoms with van der Waals surface area (Å²) in [5.41, 5.74) is 4.09. The molecule has 4 rings (SSSR count). The van der Waals surface area contributed by atoms with Gasteiger partial charge in [0.2, 0.25) is 0 Å². The van der Waals surface area contributed by atoms with Gasteiger partial charge in [-0.05, 0) is 43.2 Å². The molecule has 2 heterocycles. The number of carbonyl (C=O) groups excluding carboxylic acids is 2. The third-order valence-electron chi connectivity index (χ3n) is 6.54. The molecule has 0 atom stereocenters. The van der Waals surface area contributed by atoms with Crippen LogP contribution in [0, 0.1) is 13.8 Å². The highest BCUT2D eigenvalue weighted by molar-refractivity contribution is 5.98. The Labute approximate surface area is 210 Å². The Hall–Kier alpha value is -4.07. The van der Waals surface area contributed by atoms with E-state index in [2.05, 4.69) is 5.32 Å². The summed E-state index contributed by atoms with van der Waals surface area (Å²) in [4.78, 5) is 41.3. The molecule has 0 bridgehead atoms. The van der Waals surface area contributed by atoms with Crippen molar-refractivity contribution < 1.29 is 19.1 Å². The highest BCUT2D eigenvalue weighted by Gasteiger charge is 2.27. The fraction of sp³-hybridized carbons (Fsp3) is 0.321. The Morgan fingerprint density at radius 2 is 1.78 bits per heavy atom. The van der Waals surface area contributed by atoms with Crippen molar-refractivity contribution in [2.75, 3.05) is 27.3 Å². The van der Waals surface area contributed by atoms with Gasteiger partial charge >= 0.3 is 0 Å². The zero-order valence-electron chi connectivity index (χ0n) is 21.1. The van der Waals surface area contributed by atoms with Crippen LogP contribution in [0.2, 0.25) is 0 Å². The molecule has 0 unspecified atom stereocenters. The first-order valence-corrected chi connectivity index (χ1v) is 11.9. The topological polar surface area (TPSA) is 89.9 Å². The fourth-order valence-electron chi connectivity index (χ4n) is 4.55. The van der Waals surface area contributed by atoms with Gasteiger partial charge in [-0.2, -0.15) is 0 Å². The molecule has 2 aromatic carbocycles. The van der Waals surface area contributed by atoms with E-state index >= 15 is 0 Å². The van der Waals surface area contributed by atoms with Crippen molar-refractivity contribution in [1.82, 2.24) is 14.8 Å². The lowest BCUT2D eigenvalue weighted by Gasteiger charge is -2.21. The Kier molecular flexibility index (Phi) is 7.43. The smallest absolute Gasteiger partial charge is 0.257 e. The Morgan fingerprint density at radius 3 is 2.53 bits per heavy atom. The van der Waals surface area contributed by atoms with Crippen LogP contribution in [-0.4, -0.2) is 48.6 Å². The van der Waals surface area contributed by atoms with Crippen molar-refractivity contribution in [3.8, 4) is 11.5 Å². The van der Waals surface area contributed by atoms with Crippen molar-refractivity contribution >= 4 is 11.8 Å². The first-order valence-electron chi connectivity index (χ1n) is 11.9. The van der Waals surface area contributed by atoms with E-state index in [-0.39, 0.29) is 29.7 Å². The summed E-state index contributed by atoms with van der Waals surface area (Å²) in [5.74, 6) is 0.512. The van der Waals surface area contributed by atoms with Gasteiger partial charge in [-0.3, -0.25) is 14.4 Å². The number of amides is 2. The van der Waals surface area contributed by atoms with Gasteiger partial charge in [0.05, 0.1) is 14.2 Å². The molecule has 0 spiro atoms. The van der Waals surface area contributed by atoms with Gasteiger partial charge in [0.1, 0.15) is 17.1 Å². The number of fused-ring (bicyclic) bond motifs is 1. The van der Waals surface area contributed by atoms with E-state index in [1.807, 2.05) is 56.3 Å². The molecule has 2 amide bonds. The summed E-state index contributed by atoms with van der Waals surface area (Å²) in [6, 6.07) is 14.6. The molecular formula is C28H31N3O5. The average Bonchev–Trinajstić information content (AvgIpc) is 3.12. The monoisotopic (exact) mass is 489 g/mol. The largest absolute Gasteiger partial charge is 0.497 e. The van der Waals surface area contributed by atoms with E-state index in [1.54, 1.807) is 16.6 Å². The standard InChI is InChI=1S/C28H31N3O5/c1-18-8-9-19(2)22(14-18)28(34)30-11-10-23-26(24(36-4)16-25(32)31(23)13-12-30)27(33)29-17-20-6-5-7-21(15-20)35-3/h5-9,14-16H,10-13,17H2,1-4H3,(H,29,33). The van der Waals surface area contributed by atoms with Crippen LogP contribution in [0.4, 0.5) is 0 Å². The second-order valence-electron chi connectivity index (χ2n) is 8.92. The van der Waals surface area contributed by atoms with E-state index in [9.17, 15) is 14.4 Å². The quantitative estimate of drug-likeness (QED) is 0.575. The maximum Gasteiger partial charge on any atom is 0.257 e. The summed E-state index contributed by atoms with van der Waals surface area (Å²) in [6.07, 6.45) is 0.352. The molecule has 0 saturated heterocycles. The van der Waals surface area contributed by atoms with Crippen LogP contribution >= 0.6 is 0 Å². The summed E-state index contributed by atoms with van der Waals surface area (Å²) >= 11 is 0. The SMILES string of the molecule is COc1cccc(CNC(=O)c2c(OC)cc(=O)n3c2CCN(C(=O)c2cc(C)ccc2C)CC3)c1. The fourth-order valence-corrected chi connectivity index (χ4v) is 4.55. The molecule has 0 aliphatic carbocycles. The lowest BCUT2D eigenvalue weighted by molar-refractivity contribution is 0.0758. The maximum atomic E-state index is 13.3. The third kappa shape index (κ3) is 5.12. The highest BCUT2D eigenvalue weighted by Crippen LogP contribution is 2.24. The number of carbonyl (C=O) groups is 2. The van der Waals surface area contributed by atoms with Gasteiger partial charge < -0.3 is 24.3 Å². The molecule has 3 aromatic rings. The molecule has 0 fully saturated rings. The number of rotatable bonds is 6. The number of nitrogens with one attached hydrogen (secondary N) is 1. The van der Waals surface area contributed by atoms with E-state index in [1.165, 1.54) is 13.2 Å². The minimum Gasteiger partial charge on any atom is -0.497 e. The van der Waals surface area contributed by atoms with E-state index < -0.39 is 0 Å². The zero-order chi connectivity index (χ0) is 25.8. The molecule has 1 aromatic heterocycles. The van der Waals surface area contributed by atoms with Gasteiger partial charge in [0.25, 0.3) is 17.4 Å². The van der Waals surface area contributed by atoms with Crippen LogP contribution < -0.4 is 20.3 Å². The van der Waals surface area contributed by atoms with Gasteiger partial charge in [0.15, 0.2) is 0 Å². The molecule has 36 heavy (non-hydrogen) atoms. The zero-order valence-corrected chi connectivity index (χ0v) is 21.1. The van der Waals surface area contributed by atoms with Crippen molar-refractivity contribution in [3.63, 3.8) is 0 Å². The minimum atomic E-state index is -0.340. The third-order valence-corrected chi connectivity index (χ3v) is 6.54. The van der Waals surface area contributed by atoms with Gasteiger partial charge in [-0.15, -0.1) is 0 Å². The molecule has 8 heteroatoms. The Bertz CT molecular complexity index is 1360. The van der Waals surface area contributed by atoms with E-state index in [0.717, 1.165) is 16.7 Å². The van der Waals surface area contributed by atoms with Crippen LogP contribution in [0.5, 0.6) is 11.5 Å². The average molecular weight is 490 g/mol. The van der Waals surface area contributed by atoms with Crippen molar-refractivity contribution in [2.24, 2.45) is 0 Å². The minimum absolute atomic E-state index is 0.0759. The number of ether oxygens (including phenoxy) is 2. The second-order valence-corrected chi connectivity index (χ2v) is 8.92. The maximum absolute atomic E-state index is 13.3. The molecule has 8 nitrogen and oxygen atoms in total. The predicted molar refractivity (Wildman–Crippen MR) is 137 cm³/mol. The van der Waals surface area contributed by atoms with Crippen LogP contribution in [0.3, 0.4) is 0 Å². The molecule has 188 valence electrons. The van der Waals surface area contributed by atoms with Gasteiger partial charge in [0, 0.05) is 49.9 Å². The van der Waals surface area contributed by atoms with Crippen LogP contribution in [0.1, 0.15) is 43.1 Å². The first-order chi connectivity index (χ1) is 17.3. The van der Waals surface area contributed by atoms with Gasteiger partial charge in [-0.1, -0.05) is 29.8 Å². The second kappa shape index (κ2) is 10.7. The summed E-state index contributed by atoms with van der Waals surface area (Å²) in [5, 5.41) is 2.93. The lowest BCUT2D eigenvalue weighted by atomic mass is 10.0. The molecule has 1 aliphatic heterocycles. The Balaban J connectivity index is 1.61. The van der Waals surface area contributed by atoms with E-state index in [4.69, 9.17) is 9.47 Å². The predicted octanol–water partition coefficient (Wildman–Crippen LogP) is 3.11. The van der Waals surface area contributed by atoms with Crippen molar-refractivity contribution in [1.29, 1.82) is 0 Å². The number of pyridine rings is 1. The van der Waals surface area contributed by atoms with E-state index in [0.29, 0.717) is 48.6 Å². The molecule has 1 N–H and O–H groups in total. The van der Waals surface area contributed by atoms with Crippen LogP contribution in [0.25, 0.3) is 0 Å². The number of hydrogen-bond donors (Lipinski definition) is 1. The molecular weight excluding hydrogens is 458 g/mol. The number of methoxy groups -OCH3 is 2. The van der Waals surface area contributed by atoms with Crippen LogP contribution in [0.15, 0.2) is 53.3 Å². The highest BCUT2D eigenvalue weighted by atomic mass is 16.5. The normalized spacial score (nSPS) is 12.9. The Morgan fingerprint density at radius 1 is 0.972 bits per heavy atom. The van der Waals surface area contributed by atoms with Crippen molar-refractivity contribution in [2.45, 2.75) is 33.4 Å². The summed E-state index contributed by atoms with van der Waals surface area (Å²) < 4.78 is 12.3. The van der Waals surface area contributed by atoms with Crippen LogP contribution in [-0.2, 0) is 19.5 Å². The number of hydrogen-bond acceptors (Lipinski definition) is 5. The number of benzene rings is 2.